The molecule has 0 bridgehead atoms. The normalized spacial score (nSPS) is 21.1. The smallest absolute Gasteiger partial charge is 0.148 e. The first kappa shape index (κ1) is 14.5. The molecule has 1 aliphatic carbocycles. The second-order valence-electron chi connectivity index (χ2n) is 5.80. The van der Waals surface area contributed by atoms with Crippen LogP contribution < -0.4 is 5.32 Å². The van der Waals surface area contributed by atoms with E-state index in [1.165, 1.54) is 23.3 Å². The molecule has 0 amide bonds. The van der Waals surface area contributed by atoms with Gasteiger partial charge in [-0.15, -0.1) is 11.3 Å². The standard InChI is InChI=1S/C17H23N3S/c1-4-12-10-18-14(5-2)17(19-12)20-16-11(3)6-7-15-13(16)8-9-21-15/h8-11,16H,4-7H2,1-3H3,(H,19,20). The molecule has 0 spiro atoms. The fraction of sp³-hybridized carbons (Fsp3) is 0.529. The zero-order valence-corrected chi connectivity index (χ0v) is 13.8. The van der Waals surface area contributed by atoms with Gasteiger partial charge >= 0.3 is 0 Å². The van der Waals surface area contributed by atoms with Crippen molar-refractivity contribution >= 4 is 17.2 Å². The average Bonchev–Trinajstić information content (AvgIpc) is 2.98. The van der Waals surface area contributed by atoms with Gasteiger partial charge in [-0.2, -0.15) is 0 Å². The Hall–Kier alpha value is -1.42. The van der Waals surface area contributed by atoms with Gasteiger partial charge in [0.1, 0.15) is 5.82 Å². The molecule has 1 aliphatic rings. The topological polar surface area (TPSA) is 37.8 Å². The third-order valence-corrected chi connectivity index (χ3v) is 5.39. The van der Waals surface area contributed by atoms with E-state index in [2.05, 4.69) is 42.5 Å². The van der Waals surface area contributed by atoms with Crippen LogP contribution in [0, 0.1) is 5.92 Å². The molecule has 2 aromatic rings. The summed E-state index contributed by atoms with van der Waals surface area (Å²) in [6.45, 7) is 6.60. The van der Waals surface area contributed by atoms with Gasteiger partial charge in [-0.1, -0.05) is 20.8 Å². The molecule has 0 aliphatic heterocycles. The minimum Gasteiger partial charge on any atom is -0.361 e. The van der Waals surface area contributed by atoms with Crippen LogP contribution in [-0.4, -0.2) is 9.97 Å². The number of aryl methyl sites for hydroxylation is 3. The Morgan fingerprint density at radius 1 is 1.33 bits per heavy atom. The van der Waals surface area contributed by atoms with E-state index in [1.54, 1.807) is 0 Å². The predicted octanol–water partition coefficient (Wildman–Crippen LogP) is 4.40. The number of hydrogen-bond acceptors (Lipinski definition) is 4. The van der Waals surface area contributed by atoms with E-state index in [-0.39, 0.29) is 0 Å². The van der Waals surface area contributed by atoms with Crippen LogP contribution >= 0.6 is 11.3 Å². The maximum absolute atomic E-state index is 4.78. The highest BCUT2D eigenvalue weighted by Gasteiger charge is 2.28. The third-order valence-electron chi connectivity index (χ3n) is 4.40. The van der Waals surface area contributed by atoms with Gasteiger partial charge in [0.25, 0.3) is 0 Å². The highest BCUT2D eigenvalue weighted by atomic mass is 32.1. The second kappa shape index (κ2) is 6.14. The Bertz CT molecular complexity index is 620. The lowest BCUT2D eigenvalue weighted by molar-refractivity contribution is 0.437. The van der Waals surface area contributed by atoms with E-state index >= 15 is 0 Å². The molecule has 0 fully saturated rings. The van der Waals surface area contributed by atoms with Crippen molar-refractivity contribution in [2.75, 3.05) is 5.32 Å². The van der Waals surface area contributed by atoms with Crippen molar-refractivity contribution in [3.63, 3.8) is 0 Å². The van der Waals surface area contributed by atoms with E-state index in [0.29, 0.717) is 12.0 Å². The molecule has 2 atom stereocenters. The summed E-state index contributed by atoms with van der Waals surface area (Å²) in [7, 11) is 0. The van der Waals surface area contributed by atoms with E-state index in [1.807, 2.05) is 17.5 Å². The Kier molecular flexibility index (Phi) is 4.24. The number of fused-ring (bicyclic) bond motifs is 1. The van der Waals surface area contributed by atoms with Gasteiger partial charge in [0, 0.05) is 11.1 Å². The summed E-state index contributed by atoms with van der Waals surface area (Å²) in [5, 5.41) is 5.91. The number of thiophene rings is 1. The van der Waals surface area contributed by atoms with Crippen molar-refractivity contribution in [3.05, 3.63) is 39.5 Å². The van der Waals surface area contributed by atoms with Gasteiger partial charge in [0.2, 0.25) is 0 Å². The van der Waals surface area contributed by atoms with Gasteiger partial charge in [0.15, 0.2) is 0 Å². The summed E-state index contributed by atoms with van der Waals surface area (Å²) >= 11 is 1.88. The lowest BCUT2D eigenvalue weighted by atomic mass is 9.85. The molecule has 2 unspecified atom stereocenters. The first-order chi connectivity index (χ1) is 10.2. The van der Waals surface area contributed by atoms with E-state index in [0.717, 1.165) is 30.0 Å². The number of hydrogen-bond donors (Lipinski definition) is 1. The number of rotatable bonds is 4. The first-order valence-electron chi connectivity index (χ1n) is 7.90. The molecule has 0 aromatic carbocycles. The fourth-order valence-electron chi connectivity index (χ4n) is 3.03. The molecule has 0 saturated heterocycles. The summed E-state index contributed by atoms with van der Waals surface area (Å²) in [6, 6.07) is 2.64. The third kappa shape index (κ3) is 2.82. The molecule has 3 nitrogen and oxygen atoms in total. The van der Waals surface area contributed by atoms with Crippen LogP contribution in [-0.2, 0) is 19.3 Å². The molecule has 21 heavy (non-hydrogen) atoms. The molecule has 2 heterocycles. The van der Waals surface area contributed by atoms with Crippen LogP contribution in [0.5, 0.6) is 0 Å². The van der Waals surface area contributed by atoms with Crippen molar-refractivity contribution in [1.29, 1.82) is 0 Å². The van der Waals surface area contributed by atoms with E-state index < -0.39 is 0 Å². The van der Waals surface area contributed by atoms with Crippen molar-refractivity contribution in [2.45, 2.75) is 52.5 Å². The number of nitrogens with zero attached hydrogens (tertiary/aromatic N) is 2. The maximum atomic E-state index is 4.78. The van der Waals surface area contributed by atoms with Gasteiger partial charge in [-0.25, -0.2) is 4.98 Å². The van der Waals surface area contributed by atoms with Gasteiger partial charge in [0.05, 0.1) is 17.4 Å². The summed E-state index contributed by atoms with van der Waals surface area (Å²) in [4.78, 5) is 10.9. The molecule has 0 radical (unpaired) electrons. The van der Waals surface area contributed by atoms with Crippen molar-refractivity contribution < 1.29 is 0 Å². The largest absolute Gasteiger partial charge is 0.361 e. The Morgan fingerprint density at radius 2 is 2.19 bits per heavy atom. The monoisotopic (exact) mass is 301 g/mol. The summed E-state index contributed by atoms with van der Waals surface area (Å²) in [5.74, 6) is 1.61. The van der Waals surface area contributed by atoms with Crippen LogP contribution in [0.4, 0.5) is 5.82 Å². The van der Waals surface area contributed by atoms with Crippen LogP contribution in [0.1, 0.15) is 55.1 Å². The Balaban J connectivity index is 1.93. The lowest BCUT2D eigenvalue weighted by Crippen LogP contribution is -2.25. The molecule has 2 aromatic heterocycles. The molecule has 112 valence electrons. The number of aromatic nitrogens is 2. The summed E-state index contributed by atoms with van der Waals surface area (Å²) in [5.41, 5.74) is 3.59. The quantitative estimate of drug-likeness (QED) is 0.909. The fourth-order valence-corrected chi connectivity index (χ4v) is 3.97. The van der Waals surface area contributed by atoms with Crippen molar-refractivity contribution in [1.82, 2.24) is 9.97 Å². The van der Waals surface area contributed by atoms with E-state index in [9.17, 15) is 0 Å². The van der Waals surface area contributed by atoms with E-state index in [4.69, 9.17) is 4.98 Å². The van der Waals surface area contributed by atoms with Crippen molar-refractivity contribution in [3.8, 4) is 0 Å². The molecular weight excluding hydrogens is 278 g/mol. The second-order valence-corrected chi connectivity index (χ2v) is 6.80. The molecule has 3 rings (SSSR count). The molecular formula is C17H23N3S. The minimum atomic E-state index is 0.367. The summed E-state index contributed by atoms with van der Waals surface area (Å²) in [6.07, 6.45) is 6.21. The van der Waals surface area contributed by atoms with Crippen LogP contribution in [0.25, 0.3) is 0 Å². The van der Waals surface area contributed by atoms with Gasteiger partial charge < -0.3 is 5.32 Å². The lowest BCUT2D eigenvalue weighted by Gasteiger charge is -2.31. The van der Waals surface area contributed by atoms with Crippen LogP contribution in [0.3, 0.4) is 0 Å². The van der Waals surface area contributed by atoms with Crippen molar-refractivity contribution in [2.24, 2.45) is 5.92 Å². The predicted molar refractivity (Wildman–Crippen MR) is 89.0 cm³/mol. The SMILES string of the molecule is CCc1cnc(CC)c(NC2c3ccsc3CCC2C)n1. The molecule has 1 N–H and O–H groups in total. The van der Waals surface area contributed by atoms with Crippen LogP contribution in [0.15, 0.2) is 17.6 Å². The average molecular weight is 301 g/mol. The zero-order valence-electron chi connectivity index (χ0n) is 13.0. The summed E-state index contributed by atoms with van der Waals surface area (Å²) < 4.78 is 0. The minimum absolute atomic E-state index is 0.367. The zero-order chi connectivity index (χ0) is 14.8. The number of nitrogens with one attached hydrogen (secondary N) is 1. The highest BCUT2D eigenvalue weighted by Crippen LogP contribution is 2.39. The van der Waals surface area contributed by atoms with Gasteiger partial charge in [-0.05, 0) is 48.6 Å². The Morgan fingerprint density at radius 3 is 2.95 bits per heavy atom. The maximum Gasteiger partial charge on any atom is 0.148 e. The highest BCUT2D eigenvalue weighted by molar-refractivity contribution is 7.10. The van der Waals surface area contributed by atoms with Gasteiger partial charge in [-0.3, -0.25) is 4.98 Å². The Labute approximate surface area is 130 Å². The molecule has 4 heteroatoms. The molecule has 0 saturated carbocycles. The first-order valence-corrected chi connectivity index (χ1v) is 8.78. The number of anilines is 1. The van der Waals surface area contributed by atoms with Crippen LogP contribution in [0.2, 0.25) is 0 Å².